The van der Waals surface area contributed by atoms with Gasteiger partial charge in [-0.1, -0.05) is 0 Å². The van der Waals surface area contributed by atoms with Crippen molar-refractivity contribution in [3.63, 3.8) is 0 Å². The second-order valence-corrected chi connectivity index (χ2v) is 5.29. The van der Waals surface area contributed by atoms with E-state index in [1.165, 1.54) is 11.8 Å². The van der Waals surface area contributed by atoms with E-state index in [1.54, 1.807) is 6.92 Å². The lowest BCUT2D eigenvalue weighted by molar-refractivity contribution is -0.149. The fourth-order valence-electron chi connectivity index (χ4n) is 3.23. The smallest absolute Gasteiger partial charge is 0.246 e. The Morgan fingerprint density at radius 3 is 2.53 bits per heavy atom. The van der Waals surface area contributed by atoms with Gasteiger partial charge in [0.25, 0.3) is 0 Å². The molecule has 2 saturated heterocycles. The minimum Gasteiger partial charge on any atom is -0.320 e. The lowest BCUT2D eigenvalue weighted by Gasteiger charge is -2.37. The maximum Gasteiger partial charge on any atom is 0.246 e. The van der Waals surface area contributed by atoms with Crippen LogP contribution in [0.4, 0.5) is 0 Å². The normalized spacial score (nSPS) is 36.9. The second-order valence-electron chi connectivity index (χ2n) is 5.29. The third kappa shape index (κ3) is 1.98. The van der Waals surface area contributed by atoms with Crippen molar-refractivity contribution in [2.24, 2.45) is 11.7 Å². The van der Waals surface area contributed by atoms with E-state index in [4.69, 9.17) is 5.73 Å². The summed E-state index contributed by atoms with van der Waals surface area (Å²) < 4.78 is 0. The van der Waals surface area contributed by atoms with Gasteiger partial charge in [0.2, 0.25) is 11.8 Å². The van der Waals surface area contributed by atoms with Crippen molar-refractivity contribution < 1.29 is 9.59 Å². The number of hydrogen-bond donors (Lipinski definition) is 1. The number of carbonyl (C=O) groups is 2. The molecule has 96 valence electrons. The number of amides is 2. The molecule has 0 aromatic rings. The molecular formula is C12H21N3O2. The molecule has 0 radical (unpaired) electrons. The fraction of sp³-hybridized carbons (Fsp3) is 0.833. The molecule has 0 aromatic carbocycles. The topological polar surface area (TPSA) is 66.6 Å². The molecule has 5 nitrogen and oxygen atoms in total. The first-order valence-corrected chi connectivity index (χ1v) is 6.26. The predicted molar refractivity (Wildman–Crippen MR) is 64.1 cm³/mol. The van der Waals surface area contributed by atoms with Crippen LogP contribution in [0.3, 0.4) is 0 Å². The summed E-state index contributed by atoms with van der Waals surface area (Å²) in [6.45, 7) is 7.27. The van der Waals surface area contributed by atoms with Crippen LogP contribution < -0.4 is 5.73 Å². The molecule has 5 heteroatoms. The predicted octanol–water partition coefficient (Wildman–Crippen LogP) is -0.199. The molecule has 2 rings (SSSR count). The Hall–Kier alpha value is -0.940. The lowest BCUT2D eigenvalue weighted by Crippen LogP contribution is -2.56. The zero-order valence-corrected chi connectivity index (χ0v) is 10.7. The number of piperidine rings is 1. The van der Waals surface area contributed by atoms with Gasteiger partial charge in [0.15, 0.2) is 0 Å². The van der Waals surface area contributed by atoms with Crippen molar-refractivity contribution in [1.29, 1.82) is 0 Å². The highest BCUT2D eigenvalue weighted by atomic mass is 16.2. The van der Waals surface area contributed by atoms with Gasteiger partial charge < -0.3 is 5.73 Å². The Kier molecular flexibility index (Phi) is 3.23. The summed E-state index contributed by atoms with van der Waals surface area (Å²) >= 11 is 0. The zero-order valence-electron chi connectivity index (χ0n) is 10.7. The van der Waals surface area contributed by atoms with Gasteiger partial charge in [0.05, 0.1) is 12.1 Å². The van der Waals surface area contributed by atoms with Crippen LogP contribution in [0.2, 0.25) is 0 Å². The summed E-state index contributed by atoms with van der Waals surface area (Å²) in [6.07, 6.45) is 1.07. The highest BCUT2D eigenvalue weighted by Crippen LogP contribution is 2.36. The summed E-state index contributed by atoms with van der Waals surface area (Å²) in [7, 11) is 0. The van der Waals surface area contributed by atoms with Crippen molar-refractivity contribution in [1.82, 2.24) is 9.80 Å². The van der Waals surface area contributed by atoms with Crippen molar-refractivity contribution in [3.8, 4) is 0 Å². The molecule has 2 heterocycles. The van der Waals surface area contributed by atoms with E-state index < -0.39 is 6.04 Å². The summed E-state index contributed by atoms with van der Waals surface area (Å²) in [5.41, 5.74) is 5.63. The quantitative estimate of drug-likeness (QED) is 0.725. The Bertz CT molecular complexity index is 341. The standard InChI is InChI=1S/C12H21N3O2/c1-7(13)12(17)15(9(3)16)11-8(2)14-5-4-10(11)6-14/h7-8,10-11H,4-6,13H2,1-3H3. The van der Waals surface area contributed by atoms with Gasteiger partial charge in [-0.05, 0) is 32.7 Å². The van der Waals surface area contributed by atoms with E-state index >= 15 is 0 Å². The van der Waals surface area contributed by atoms with E-state index in [0.29, 0.717) is 5.92 Å². The monoisotopic (exact) mass is 239 g/mol. The van der Waals surface area contributed by atoms with Crippen LogP contribution >= 0.6 is 0 Å². The van der Waals surface area contributed by atoms with Gasteiger partial charge in [0, 0.05) is 19.5 Å². The van der Waals surface area contributed by atoms with Gasteiger partial charge >= 0.3 is 0 Å². The Morgan fingerprint density at radius 1 is 1.47 bits per heavy atom. The Morgan fingerprint density at radius 2 is 2.12 bits per heavy atom. The first kappa shape index (κ1) is 12.5. The molecule has 5 unspecified atom stereocenters. The zero-order chi connectivity index (χ0) is 12.7. The highest BCUT2D eigenvalue weighted by molar-refractivity contribution is 5.97. The summed E-state index contributed by atoms with van der Waals surface area (Å²) in [5.74, 6) is -0.00222. The molecule has 17 heavy (non-hydrogen) atoms. The summed E-state index contributed by atoms with van der Waals surface area (Å²) in [4.78, 5) is 27.5. The van der Waals surface area contributed by atoms with Crippen LogP contribution in [0.1, 0.15) is 27.2 Å². The van der Waals surface area contributed by atoms with Crippen molar-refractivity contribution in [3.05, 3.63) is 0 Å². The molecule has 0 saturated carbocycles. The second kappa shape index (κ2) is 4.38. The molecular weight excluding hydrogens is 218 g/mol. The molecule has 2 amide bonds. The maximum absolute atomic E-state index is 12.1. The van der Waals surface area contributed by atoms with E-state index in [9.17, 15) is 9.59 Å². The number of imide groups is 1. The van der Waals surface area contributed by atoms with E-state index in [2.05, 4.69) is 11.8 Å². The highest BCUT2D eigenvalue weighted by Gasteiger charge is 2.49. The molecule has 5 atom stereocenters. The maximum atomic E-state index is 12.1. The Balaban J connectivity index is 2.23. The number of hydrogen-bond acceptors (Lipinski definition) is 4. The van der Waals surface area contributed by atoms with E-state index in [1.807, 2.05) is 0 Å². The molecule has 2 fully saturated rings. The first-order valence-electron chi connectivity index (χ1n) is 6.26. The van der Waals surface area contributed by atoms with Crippen molar-refractivity contribution in [2.45, 2.75) is 45.3 Å². The molecule has 2 aliphatic heterocycles. The minimum atomic E-state index is -0.611. The van der Waals surface area contributed by atoms with Crippen LogP contribution in [0.25, 0.3) is 0 Å². The minimum absolute atomic E-state index is 0.0137. The Labute approximate surface area is 102 Å². The molecule has 0 aromatic heterocycles. The SMILES string of the molecule is CC(=O)N(C(=O)C(C)N)C1C2CCN(C2)C1C. The van der Waals surface area contributed by atoms with Crippen LogP contribution in [-0.2, 0) is 9.59 Å². The average molecular weight is 239 g/mol. The van der Waals surface area contributed by atoms with Gasteiger partial charge in [-0.25, -0.2) is 0 Å². The van der Waals surface area contributed by atoms with Crippen LogP contribution in [0.5, 0.6) is 0 Å². The van der Waals surface area contributed by atoms with E-state index in [0.717, 1.165) is 19.5 Å². The van der Waals surface area contributed by atoms with Crippen molar-refractivity contribution >= 4 is 11.8 Å². The first-order chi connectivity index (χ1) is 7.93. The van der Waals surface area contributed by atoms with Gasteiger partial charge in [-0.15, -0.1) is 0 Å². The molecule has 2 N–H and O–H groups in total. The average Bonchev–Trinajstić information content (AvgIpc) is 2.81. The lowest BCUT2D eigenvalue weighted by atomic mass is 9.92. The van der Waals surface area contributed by atoms with Crippen LogP contribution in [0.15, 0.2) is 0 Å². The van der Waals surface area contributed by atoms with E-state index in [-0.39, 0.29) is 23.9 Å². The van der Waals surface area contributed by atoms with Crippen LogP contribution in [-0.4, -0.2) is 52.8 Å². The van der Waals surface area contributed by atoms with Crippen molar-refractivity contribution in [2.75, 3.05) is 13.1 Å². The third-order valence-corrected chi connectivity index (χ3v) is 4.07. The number of rotatable bonds is 2. The summed E-state index contributed by atoms with van der Waals surface area (Å²) in [5, 5.41) is 0. The van der Waals surface area contributed by atoms with Gasteiger partial charge in [0.1, 0.15) is 0 Å². The van der Waals surface area contributed by atoms with Crippen LogP contribution in [0, 0.1) is 5.92 Å². The molecule has 0 spiro atoms. The number of nitrogens with two attached hydrogens (primary N) is 1. The molecule has 2 aliphatic rings. The number of nitrogens with zero attached hydrogens (tertiary/aromatic N) is 2. The fourth-order valence-corrected chi connectivity index (χ4v) is 3.23. The van der Waals surface area contributed by atoms with Gasteiger partial charge in [-0.2, -0.15) is 0 Å². The number of fused-ring (bicyclic) bond motifs is 2. The number of carbonyl (C=O) groups excluding carboxylic acids is 2. The molecule has 0 aliphatic carbocycles. The third-order valence-electron chi connectivity index (χ3n) is 4.07. The summed E-state index contributed by atoms with van der Waals surface area (Å²) in [6, 6.07) is -0.333. The largest absolute Gasteiger partial charge is 0.320 e. The molecule has 2 bridgehead atoms. The van der Waals surface area contributed by atoms with Gasteiger partial charge in [-0.3, -0.25) is 19.4 Å².